The summed E-state index contributed by atoms with van der Waals surface area (Å²) in [6, 6.07) is 19.4. The maximum atomic E-state index is 13.7. The average molecular weight is 570 g/mol. The second kappa shape index (κ2) is 11.1. The number of rotatable bonds is 5. The van der Waals surface area contributed by atoms with E-state index in [9.17, 15) is 24.6 Å². The maximum absolute atomic E-state index is 13.7. The van der Waals surface area contributed by atoms with Crippen molar-refractivity contribution in [3.8, 4) is 5.69 Å². The molecular formula is C32H35N5O5. The number of carbonyl (C=O) groups excluding carboxylic acids is 1. The van der Waals surface area contributed by atoms with Gasteiger partial charge >= 0.3 is 6.09 Å². The van der Waals surface area contributed by atoms with E-state index in [2.05, 4.69) is 4.98 Å². The summed E-state index contributed by atoms with van der Waals surface area (Å²) in [6.07, 6.45) is 3.46. The minimum Gasteiger partial charge on any atom is -0.465 e. The molecule has 0 saturated carbocycles. The number of carbonyl (C=O) groups is 2. The van der Waals surface area contributed by atoms with Crippen molar-refractivity contribution in [1.82, 2.24) is 23.9 Å². The standard InChI is InChI=1S/C32H35N5O5/c1-22-7-9-24(10-8-22)37-16-12-26-28(37)33-21-36(30(26)39)20-32(42)13-17-34(18-14-32)29(38)25-11-15-35(31(40)41)19-27(25)23-5-3-2-4-6-23/h2-10,12,16,21,25,27,42H,11,13-15,17-20H2,1H3,(H,40,41)/t25-,27+/m1/s1. The second-order valence-corrected chi connectivity index (χ2v) is 11.6. The van der Waals surface area contributed by atoms with Crippen molar-refractivity contribution in [1.29, 1.82) is 0 Å². The number of fused-ring (bicyclic) bond motifs is 1. The van der Waals surface area contributed by atoms with Gasteiger partial charge in [-0.25, -0.2) is 9.78 Å². The van der Waals surface area contributed by atoms with E-state index >= 15 is 0 Å². The van der Waals surface area contributed by atoms with Gasteiger partial charge in [0.15, 0.2) is 5.65 Å². The predicted molar refractivity (Wildman–Crippen MR) is 158 cm³/mol. The van der Waals surface area contributed by atoms with Crippen molar-refractivity contribution < 1.29 is 19.8 Å². The van der Waals surface area contributed by atoms with Gasteiger partial charge in [-0.05, 0) is 49.9 Å². The molecule has 0 bridgehead atoms. The smallest absolute Gasteiger partial charge is 0.407 e. The highest BCUT2D eigenvalue weighted by atomic mass is 16.4. The molecule has 4 aromatic rings. The van der Waals surface area contributed by atoms with Gasteiger partial charge in [-0.2, -0.15) is 0 Å². The van der Waals surface area contributed by atoms with Gasteiger partial charge in [-0.1, -0.05) is 48.0 Å². The summed E-state index contributed by atoms with van der Waals surface area (Å²) >= 11 is 0. The van der Waals surface area contributed by atoms with Gasteiger partial charge in [0, 0.05) is 49.9 Å². The Balaban J connectivity index is 1.15. The van der Waals surface area contributed by atoms with Gasteiger partial charge < -0.3 is 24.6 Å². The number of benzene rings is 2. The number of aromatic nitrogens is 3. The van der Waals surface area contributed by atoms with Crippen molar-refractivity contribution >= 4 is 23.0 Å². The Kier molecular flexibility index (Phi) is 7.32. The third-order valence-corrected chi connectivity index (χ3v) is 8.88. The van der Waals surface area contributed by atoms with Crippen LogP contribution in [0.2, 0.25) is 0 Å². The molecule has 10 nitrogen and oxygen atoms in total. The quantitative estimate of drug-likeness (QED) is 0.379. The number of nitrogens with zero attached hydrogens (tertiary/aromatic N) is 5. The summed E-state index contributed by atoms with van der Waals surface area (Å²) in [6.45, 7) is 3.44. The monoisotopic (exact) mass is 569 g/mol. The minimum absolute atomic E-state index is 0.00589. The molecule has 6 rings (SSSR count). The minimum atomic E-state index is -1.15. The highest BCUT2D eigenvalue weighted by Gasteiger charge is 2.41. The number of carboxylic acid groups (broad SMARTS) is 1. The van der Waals surface area contributed by atoms with Crippen molar-refractivity contribution in [3.05, 3.63) is 94.7 Å². The number of hydrogen-bond acceptors (Lipinski definition) is 5. The lowest BCUT2D eigenvalue weighted by molar-refractivity contribution is -0.142. The fraction of sp³-hybridized carbons (Fsp3) is 0.375. The molecule has 2 aliphatic heterocycles. The SMILES string of the molecule is Cc1ccc(-n2ccc3c(=O)n(CC4(O)CCN(C(=O)[C@@H]5CCN(C(=O)O)C[C@H]5c5ccccc5)CC4)cnc32)cc1. The van der Waals surface area contributed by atoms with E-state index in [1.807, 2.05) is 72.3 Å². The molecule has 2 N–H and O–H groups in total. The fourth-order valence-electron chi connectivity index (χ4n) is 6.39. The highest BCUT2D eigenvalue weighted by molar-refractivity contribution is 5.81. The van der Waals surface area contributed by atoms with Crippen LogP contribution in [0, 0.1) is 12.8 Å². The van der Waals surface area contributed by atoms with E-state index in [1.54, 1.807) is 11.0 Å². The van der Waals surface area contributed by atoms with Gasteiger partial charge in [-0.15, -0.1) is 0 Å². The topological polar surface area (TPSA) is 121 Å². The van der Waals surface area contributed by atoms with Crippen LogP contribution in [0.3, 0.4) is 0 Å². The zero-order valence-electron chi connectivity index (χ0n) is 23.6. The van der Waals surface area contributed by atoms with Gasteiger partial charge in [0.25, 0.3) is 5.56 Å². The van der Waals surface area contributed by atoms with Crippen LogP contribution in [0.4, 0.5) is 4.79 Å². The zero-order chi connectivity index (χ0) is 29.4. The van der Waals surface area contributed by atoms with Gasteiger partial charge in [0.2, 0.25) is 5.91 Å². The Hall–Kier alpha value is -4.44. The summed E-state index contributed by atoms with van der Waals surface area (Å²) in [5, 5.41) is 21.5. The summed E-state index contributed by atoms with van der Waals surface area (Å²) in [5.74, 6) is -0.567. The predicted octanol–water partition coefficient (Wildman–Crippen LogP) is 3.63. The fourth-order valence-corrected chi connectivity index (χ4v) is 6.39. The number of aryl methyl sites for hydroxylation is 1. The first-order valence-corrected chi connectivity index (χ1v) is 14.4. The molecule has 2 fully saturated rings. The van der Waals surface area contributed by atoms with Crippen LogP contribution in [-0.2, 0) is 11.3 Å². The molecule has 0 radical (unpaired) electrons. The molecule has 0 unspecified atom stereocenters. The maximum Gasteiger partial charge on any atom is 0.407 e. The number of hydrogen-bond donors (Lipinski definition) is 2. The molecule has 2 aliphatic rings. The first kappa shape index (κ1) is 27.7. The molecule has 218 valence electrons. The van der Waals surface area contributed by atoms with Crippen LogP contribution in [0.25, 0.3) is 16.7 Å². The third-order valence-electron chi connectivity index (χ3n) is 8.88. The number of aliphatic hydroxyl groups is 1. The van der Waals surface area contributed by atoms with E-state index < -0.39 is 11.7 Å². The lowest BCUT2D eigenvalue weighted by Crippen LogP contribution is -2.53. The van der Waals surface area contributed by atoms with Crippen LogP contribution < -0.4 is 5.56 Å². The Labute approximate surface area is 243 Å². The molecule has 2 atom stereocenters. The number of likely N-dealkylation sites (tertiary alicyclic amines) is 2. The summed E-state index contributed by atoms with van der Waals surface area (Å²) in [5.41, 5.74) is 2.21. The largest absolute Gasteiger partial charge is 0.465 e. The second-order valence-electron chi connectivity index (χ2n) is 11.6. The first-order valence-electron chi connectivity index (χ1n) is 14.4. The Morgan fingerprint density at radius 1 is 0.976 bits per heavy atom. The molecule has 2 saturated heterocycles. The van der Waals surface area contributed by atoms with Crippen molar-refractivity contribution in [2.45, 2.75) is 44.2 Å². The summed E-state index contributed by atoms with van der Waals surface area (Å²) in [7, 11) is 0. The van der Waals surface area contributed by atoms with Crippen LogP contribution >= 0.6 is 0 Å². The van der Waals surface area contributed by atoms with E-state index in [0.29, 0.717) is 49.9 Å². The number of amides is 2. The molecule has 0 aliphatic carbocycles. The summed E-state index contributed by atoms with van der Waals surface area (Å²) in [4.78, 5) is 46.5. The molecule has 2 amide bonds. The Bertz CT molecular complexity index is 1650. The van der Waals surface area contributed by atoms with Gasteiger partial charge in [0.05, 0.1) is 17.5 Å². The lowest BCUT2D eigenvalue weighted by Gasteiger charge is -2.42. The van der Waals surface area contributed by atoms with Crippen molar-refractivity contribution in [2.24, 2.45) is 5.92 Å². The lowest BCUT2D eigenvalue weighted by atomic mass is 9.79. The van der Waals surface area contributed by atoms with Crippen molar-refractivity contribution in [2.75, 3.05) is 26.2 Å². The van der Waals surface area contributed by atoms with Crippen LogP contribution in [0.15, 0.2) is 78.0 Å². The molecule has 42 heavy (non-hydrogen) atoms. The average Bonchev–Trinajstić information content (AvgIpc) is 3.44. The number of piperidine rings is 2. The Morgan fingerprint density at radius 3 is 2.38 bits per heavy atom. The third kappa shape index (κ3) is 5.30. The Morgan fingerprint density at radius 2 is 1.69 bits per heavy atom. The van der Waals surface area contributed by atoms with E-state index in [1.165, 1.54) is 15.8 Å². The molecule has 2 aromatic carbocycles. The van der Waals surface area contributed by atoms with Crippen LogP contribution in [0.5, 0.6) is 0 Å². The van der Waals surface area contributed by atoms with E-state index in [-0.39, 0.29) is 36.4 Å². The van der Waals surface area contributed by atoms with Crippen molar-refractivity contribution in [3.63, 3.8) is 0 Å². The molecule has 4 heterocycles. The molecular weight excluding hydrogens is 534 g/mol. The van der Waals surface area contributed by atoms with E-state index in [0.717, 1.165) is 16.8 Å². The molecule has 10 heteroatoms. The summed E-state index contributed by atoms with van der Waals surface area (Å²) < 4.78 is 3.34. The first-order chi connectivity index (χ1) is 20.2. The van der Waals surface area contributed by atoms with Gasteiger partial charge in [-0.3, -0.25) is 14.2 Å². The molecule has 0 spiro atoms. The zero-order valence-corrected chi connectivity index (χ0v) is 23.6. The van der Waals surface area contributed by atoms with Crippen LogP contribution in [0.1, 0.15) is 36.3 Å². The van der Waals surface area contributed by atoms with E-state index in [4.69, 9.17) is 0 Å². The molecule has 2 aromatic heterocycles. The highest BCUT2D eigenvalue weighted by Crippen LogP contribution is 2.35. The van der Waals surface area contributed by atoms with Gasteiger partial charge in [0.1, 0.15) is 6.33 Å². The van der Waals surface area contributed by atoms with Crippen LogP contribution in [-0.4, -0.2) is 77.9 Å². The normalized spacial score (nSPS) is 20.5.